The van der Waals surface area contributed by atoms with Gasteiger partial charge >= 0.3 is 0 Å². The molecule has 1 aromatic carbocycles. The second-order valence-electron chi connectivity index (χ2n) is 6.45. The highest BCUT2D eigenvalue weighted by atomic mass is 32.2. The van der Waals surface area contributed by atoms with Gasteiger partial charge in [-0.25, -0.2) is 8.42 Å². The normalized spacial score (nSPS) is 15.4. The van der Waals surface area contributed by atoms with Crippen LogP contribution in [0.15, 0.2) is 48.8 Å². The lowest BCUT2D eigenvalue weighted by atomic mass is 10.0. The second-order valence-corrected chi connectivity index (χ2v) is 8.41. The molecule has 0 radical (unpaired) electrons. The summed E-state index contributed by atoms with van der Waals surface area (Å²) in [7, 11) is -3.34. The maximum Gasteiger partial charge on any atom is 0.235 e. The Hall–Kier alpha value is -2.28. The number of aromatic nitrogens is 1. The first kappa shape index (κ1) is 18.5. The lowest BCUT2D eigenvalue weighted by Crippen LogP contribution is -2.29. The van der Waals surface area contributed by atoms with Gasteiger partial charge in [0, 0.05) is 30.7 Å². The smallest absolute Gasteiger partial charge is 0.235 e. The number of anilines is 2. The SMILES string of the molecule is O=S(=O)(Nc1cccc(OCCNc2ccncc2)c1)C1CCCCC1. The topological polar surface area (TPSA) is 80.3 Å². The molecule has 2 N–H and O–H groups in total. The molecule has 2 aromatic rings. The fraction of sp³-hybridized carbons (Fsp3) is 0.421. The standard InChI is InChI=1S/C19H25N3O3S/c23-26(24,19-7-2-1-3-8-19)22-17-5-4-6-18(15-17)25-14-13-21-16-9-11-20-12-10-16/h4-6,9-12,15,19,22H,1-3,7-8,13-14H2,(H,20,21). The van der Waals surface area contributed by atoms with Crippen LogP contribution in [-0.2, 0) is 10.0 Å². The minimum Gasteiger partial charge on any atom is -0.492 e. The Morgan fingerprint density at radius 1 is 1.04 bits per heavy atom. The van der Waals surface area contributed by atoms with Crippen molar-refractivity contribution in [2.45, 2.75) is 37.4 Å². The first-order valence-electron chi connectivity index (χ1n) is 9.02. The van der Waals surface area contributed by atoms with E-state index in [1.807, 2.05) is 18.2 Å². The van der Waals surface area contributed by atoms with Gasteiger partial charge in [-0.2, -0.15) is 0 Å². The molecular weight excluding hydrogens is 350 g/mol. The Morgan fingerprint density at radius 3 is 2.58 bits per heavy atom. The second kappa shape index (κ2) is 8.89. The van der Waals surface area contributed by atoms with Gasteiger partial charge in [0.25, 0.3) is 0 Å². The molecule has 0 saturated heterocycles. The number of pyridine rings is 1. The molecule has 0 amide bonds. The minimum absolute atomic E-state index is 0.287. The summed E-state index contributed by atoms with van der Waals surface area (Å²) < 4.78 is 33.5. The maximum absolute atomic E-state index is 12.5. The van der Waals surface area contributed by atoms with Crippen LogP contribution >= 0.6 is 0 Å². The van der Waals surface area contributed by atoms with E-state index < -0.39 is 10.0 Å². The van der Waals surface area contributed by atoms with E-state index in [1.165, 1.54) is 0 Å². The molecule has 1 aliphatic carbocycles. The van der Waals surface area contributed by atoms with E-state index in [1.54, 1.807) is 30.6 Å². The van der Waals surface area contributed by atoms with Gasteiger partial charge in [0.15, 0.2) is 0 Å². The molecule has 140 valence electrons. The summed E-state index contributed by atoms with van der Waals surface area (Å²) in [6, 6.07) is 10.9. The molecule has 1 saturated carbocycles. The van der Waals surface area contributed by atoms with E-state index in [9.17, 15) is 8.42 Å². The van der Waals surface area contributed by atoms with Gasteiger partial charge in [-0.05, 0) is 37.1 Å². The van der Waals surface area contributed by atoms with Gasteiger partial charge in [0.1, 0.15) is 12.4 Å². The maximum atomic E-state index is 12.5. The van der Waals surface area contributed by atoms with Gasteiger partial charge in [0.05, 0.1) is 10.9 Å². The van der Waals surface area contributed by atoms with Crippen LogP contribution in [0.5, 0.6) is 5.75 Å². The van der Waals surface area contributed by atoms with Crippen molar-refractivity contribution in [3.8, 4) is 5.75 Å². The third kappa shape index (κ3) is 5.36. The molecule has 0 atom stereocenters. The summed E-state index contributed by atoms with van der Waals surface area (Å²) in [5, 5.41) is 2.95. The predicted molar refractivity (Wildman–Crippen MR) is 104 cm³/mol. The van der Waals surface area contributed by atoms with E-state index in [0.29, 0.717) is 24.6 Å². The van der Waals surface area contributed by atoms with Crippen LogP contribution in [-0.4, -0.2) is 31.8 Å². The summed E-state index contributed by atoms with van der Waals surface area (Å²) in [5.74, 6) is 0.644. The summed E-state index contributed by atoms with van der Waals surface area (Å²) in [5.41, 5.74) is 1.53. The quantitative estimate of drug-likeness (QED) is 0.689. The Morgan fingerprint density at radius 2 is 1.81 bits per heavy atom. The highest BCUT2D eigenvalue weighted by Gasteiger charge is 2.27. The van der Waals surface area contributed by atoms with Crippen LogP contribution < -0.4 is 14.8 Å². The van der Waals surface area contributed by atoms with Crippen LogP contribution in [0.4, 0.5) is 11.4 Å². The predicted octanol–water partition coefficient (Wildman–Crippen LogP) is 3.65. The average Bonchev–Trinajstić information content (AvgIpc) is 2.67. The van der Waals surface area contributed by atoms with Crippen molar-refractivity contribution in [2.24, 2.45) is 0 Å². The zero-order chi connectivity index (χ0) is 18.2. The lowest BCUT2D eigenvalue weighted by molar-refractivity contribution is 0.333. The molecule has 1 aromatic heterocycles. The van der Waals surface area contributed by atoms with Crippen molar-refractivity contribution in [3.05, 3.63) is 48.8 Å². The van der Waals surface area contributed by atoms with Crippen molar-refractivity contribution in [3.63, 3.8) is 0 Å². The number of hydrogen-bond donors (Lipinski definition) is 2. The van der Waals surface area contributed by atoms with Crippen LogP contribution in [0.3, 0.4) is 0 Å². The Kier molecular flexibility index (Phi) is 6.33. The molecule has 26 heavy (non-hydrogen) atoms. The highest BCUT2D eigenvalue weighted by Crippen LogP contribution is 2.26. The number of benzene rings is 1. The largest absolute Gasteiger partial charge is 0.492 e. The van der Waals surface area contributed by atoms with Gasteiger partial charge in [-0.15, -0.1) is 0 Å². The number of hydrogen-bond acceptors (Lipinski definition) is 5. The molecule has 6 nitrogen and oxygen atoms in total. The number of nitrogens with zero attached hydrogens (tertiary/aromatic N) is 1. The molecule has 1 heterocycles. The summed E-state index contributed by atoms with van der Waals surface area (Å²) in [6.07, 6.45) is 8.04. The molecule has 1 aliphatic rings. The van der Waals surface area contributed by atoms with Crippen LogP contribution in [0.1, 0.15) is 32.1 Å². The van der Waals surface area contributed by atoms with Gasteiger partial charge in [-0.1, -0.05) is 25.3 Å². The zero-order valence-corrected chi connectivity index (χ0v) is 15.5. The molecule has 1 fully saturated rings. The molecule has 3 rings (SSSR count). The van der Waals surface area contributed by atoms with E-state index >= 15 is 0 Å². The molecular formula is C19H25N3O3S. The summed E-state index contributed by atoms with van der Waals surface area (Å²) in [6.45, 7) is 1.11. The first-order valence-corrected chi connectivity index (χ1v) is 10.6. The van der Waals surface area contributed by atoms with Crippen LogP contribution in [0.25, 0.3) is 0 Å². The molecule has 0 bridgehead atoms. The Labute approximate surface area is 155 Å². The number of nitrogens with one attached hydrogen (secondary N) is 2. The van der Waals surface area contributed by atoms with E-state index in [4.69, 9.17) is 4.74 Å². The van der Waals surface area contributed by atoms with Gasteiger partial charge in [-0.3, -0.25) is 9.71 Å². The van der Waals surface area contributed by atoms with Crippen molar-refractivity contribution in [2.75, 3.05) is 23.2 Å². The van der Waals surface area contributed by atoms with E-state index in [0.717, 1.165) is 37.8 Å². The first-order chi connectivity index (χ1) is 12.6. The van der Waals surface area contributed by atoms with Crippen molar-refractivity contribution >= 4 is 21.4 Å². The van der Waals surface area contributed by atoms with E-state index in [2.05, 4.69) is 15.0 Å². The van der Waals surface area contributed by atoms with Crippen molar-refractivity contribution < 1.29 is 13.2 Å². The molecule has 0 aliphatic heterocycles. The van der Waals surface area contributed by atoms with Crippen molar-refractivity contribution in [1.82, 2.24) is 4.98 Å². The fourth-order valence-corrected chi connectivity index (χ4v) is 4.68. The fourth-order valence-electron chi connectivity index (χ4n) is 3.11. The molecule has 0 unspecified atom stereocenters. The monoisotopic (exact) mass is 375 g/mol. The number of ether oxygens (including phenoxy) is 1. The van der Waals surface area contributed by atoms with Crippen LogP contribution in [0.2, 0.25) is 0 Å². The highest BCUT2D eigenvalue weighted by molar-refractivity contribution is 7.93. The molecule has 7 heteroatoms. The minimum atomic E-state index is -3.34. The summed E-state index contributed by atoms with van der Waals surface area (Å²) >= 11 is 0. The van der Waals surface area contributed by atoms with E-state index in [-0.39, 0.29) is 5.25 Å². The van der Waals surface area contributed by atoms with Gasteiger partial charge < -0.3 is 10.1 Å². The average molecular weight is 375 g/mol. The third-order valence-corrected chi connectivity index (χ3v) is 6.33. The number of sulfonamides is 1. The molecule has 0 spiro atoms. The summed E-state index contributed by atoms with van der Waals surface area (Å²) in [4.78, 5) is 3.97. The Bertz CT molecular complexity index is 791. The van der Waals surface area contributed by atoms with Gasteiger partial charge in [0.2, 0.25) is 10.0 Å². The third-order valence-electron chi connectivity index (χ3n) is 4.47. The lowest BCUT2D eigenvalue weighted by Gasteiger charge is -2.22. The Balaban J connectivity index is 1.51. The number of rotatable bonds is 8. The van der Waals surface area contributed by atoms with Crippen LogP contribution in [0, 0.1) is 0 Å². The van der Waals surface area contributed by atoms with Crippen molar-refractivity contribution in [1.29, 1.82) is 0 Å². The zero-order valence-electron chi connectivity index (χ0n) is 14.7.